The lowest BCUT2D eigenvalue weighted by Gasteiger charge is -2.18. The van der Waals surface area contributed by atoms with Crippen LogP contribution >= 0.6 is 45.2 Å². The third-order valence-corrected chi connectivity index (χ3v) is 6.78. The van der Waals surface area contributed by atoms with Crippen molar-refractivity contribution in [2.24, 2.45) is 0 Å². The maximum Gasteiger partial charge on any atom is 0.181 e. The Bertz CT molecular complexity index is 992. The van der Waals surface area contributed by atoms with Gasteiger partial charge < -0.3 is 9.78 Å². The second-order valence-electron chi connectivity index (χ2n) is 7.72. The number of unbranched alkanes of at least 4 members (excludes halogenated alkanes) is 2. The van der Waals surface area contributed by atoms with Gasteiger partial charge in [-0.2, -0.15) is 9.78 Å². The molecule has 0 aromatic heterocycles. The molecule has 2 unspecified atom stereocenters. The van der Waals surface area contributed by atoms with Crippen LogP contribution in [0, 0.1) is 6.92 Å². The van der Waals surface area contributed by atoms with Crippen molar-refractivity contribution in [3.8, 4) is 11.5 Å². The van der Waals surface area contributed by atoms with Crippen molar-refractivity contribution in [3.63, 3.8) is 0 Å². The summed E-state index contributed by atoms with van der Waals surface area (Å²) in [6.45, 7) is 6.43. The van der Waals surface area contributed by atoms with Gasteiger partial charge in [0.15, 0.2) is 19.7 Å². The molecule has 3 aromatic rings. The highest BCUT2D eigenvalue weighted by Crippen LogP contribution is 2.43. The summed E-state index contributed by atoms with van der Waals surface area (Å²) in [6.07, 6.45) is 6.40. The number of hydrogen-bond acceptors (Lipinski definition) is 4. The van der Waals surface area contributed by atoms with Crippen LogP contribution in [0.2, 0.25) is 0 Å². The Morgan fingerprint density at radius 1 is 0.710 bits per heavy atom. The third-order valence-electron chi connectivity index (χ3n) is 5.12. The van der Waals surface area contributed by atoms with E-state index in [0.29, 0.717) is 5.75 Å². The largest absolute Gasteiger partial charge is 0.335 e. The SMILES string of the molecule is CCCCC(I)OOc1c2ccccc2c(OOC(I)CCCC)c2cc(C)ccc12. The smallest absolute Gasteiger partial charge is 0.181 e. The van der Waals surface area contributed by atoms with Gasteiger partial charge in [-0.05, 0) is 71.0 Å². The number of aryl methyl sites for hydroxylation is 1. The van der Waals surface area contributed by atoms with E-state index in [1.165, 1.54) is 0 Å². The summed E-state index contributed by atoms with van der Waals surface area (Å²) in [7, 11) is 0. The van der Waals surface area contributed by atoms with Crippen molar-refractivity contribution in [2.75, 3.05) is 0 Å². The Morgan fingerprint density at radius 2 is 1.19 bits per heavy atom. The monoisotopic (exact) mass is 648 g/mol. The maximum absolute atomic E-state index is 5.97. The van der Waals surface area contributed by atoms with Crippen LogP contribution in [-0.2, 0) is 9.78 Å². The lowest BCUT2D eigenvalue weighted by Crippen LogP contribution is -2.10. The van der Waals surface area contributed by atoms with E-state index in [0.717, 1.165) is 71.4 Å². The van der Waals surface area contributed by atoms with E-state index in [9.17, 15) is 0 Å². The number of fused-ring (bicyclic) bond motifs is 2. The highest BCUT2D eigenvalue weighted by Gasteiger charge is 2.20. The standard InChI is InChI=1S/C25H30I2O4/c1-4-6-12-22(26)28-30-24-18-10-8-9-11-19(18)25(31-29-23(27)13-7-5-2)21-16-17(3)14-15-20(21)24/h8-11,14-16,22-23H,4-7,12-13H2,1-3H3. The fraction of sp³-hybridized carbons (Fsp3) is 0.440. The number of rotatable bonds is 12. The first-order valence-electron chi connectivity index (χ1n) is 10.9. The summed E-state index contributed by atoms with van der Waals surface area (Å²) < 4.78 is -0.0109. The first-order chi connectivity index (χ1) is 15.0. The molecule has 0 aliphatic rings. The summed E-state index contributed by atoms with van der Waals surface area (Å²) >= 11 is 4.58. The van der Waals surface area contributed by atoms with Crippen molar-refractivity contribution in [3.05, 3.63) is 48.0 Å². The molecule has 0 amide bonds. The summed E-state index contributed by atoms with van der Waals surface area (Å²) in [6, 6.07) is 14.3. The Morgan fingerprint density at radius 3 is 1.71 bits per heavy atom. The second kappa shape index (κ2) is 12.4. The van der Waals surface area contributed by atoms with Crippen LogP contribution in [0.4, 0.5) is 0 Å². The molecule has 0 spiro atoms. The number of benzene rings is 3. The molecule has 0 aliphatic carbocycles. The molecule has 0 bridgehead atoms. The molecule has 0 saturated heterocycles. The first-order valence-corrected chi connectivity index (χ1v) is 13.4. The van der Waals surface area contributed by atoms with Gasteiger partial charge in [-0.3, -0.25) is 0 Å². The number of halogens is 2. The van der Waals surface area contributed by atoms with Crippen molar-refractivity contribution < 1.29 is 19.6 Å². The van der Waals surface area contributed by atoms with E-state index in [2.05, 4.69) is 84.2 Å². The minimum atomic E-state index is -0.00576. The topological polar surface area (TPSA) is 36.9 Å². The van der Waals surface area contributed by atoms with Gasteiger partial charge in [0.05, 0.1) is 0 Å². The van der Waals surface area contributed by atoms with E-state index in [1.54, 1.807) is 0 Å². The number of hydrogen-bond donors (Lipinski definition) is 0. The van der Waals surface area contributed by atoms with Gasteiger partial charge in [0.1, 0.15) is 0 Å². The Kier molecular flexibility index (Phi) is 9.93. The molecule has 168 valence electrons. The Labute approximate surface area is 212 Å². The molecule has 3 aromatic carbocycles. The predicted octanol–water partition coefficient (Wildman–Crippen LogP) is 8.82. The average molecular weight is 648 g/mol. The van der Waals surface area contributed by atoms with E-state index in [4.69, 9.17) is 19.6 Å². The molecular weight excluding hydrogens is 618 g/mol. The average Bonchev–Trinajstić information content (AvgIpc) is 2.78. The Balaban J connectivity index is 2.01. The zero-order valence-corrected chi connectivity index (χ0v) is 22.6. The van der Waals surface area contributed by atoms with Gasteiger partial charge in [-0.1, -0.05) is 81.5 Å². The van der Waals surface area contributed by atoms with E-state index in [1.807, 2.05) is 24.3 Å². The van der Waals surface area contributed by atoms with E-state index < -0.39 is 0 Å². The van der Waals surface area contributed by atoms with Gasteiger partial charge in [-0.15, -0.1) is 0 Å². The Hall–Kier alpha value is -0.840. The summed E-state index contributed by atoms with van der Waals surface area (Å²) in [5.41, 5.74) is 1.14. The third kappa shape index (κ3) is 6.58. The molecule has 0 saturated carbocycles. The van der Waals surface area contributed by atoms with Gasteiger partial charge in [0, 0.05) is 21.5 Å². The minimum Gasteiger partial charge on any atom is -0.335 e. The molecule has 31 heavy (non-hydrogen) atoms. The van der Waals surface area contributed by atoms with Crippen molar-refractivity contribution in [1.29, 1.82) is 0 Å². The second-order valence-corrected chi connectivity index (χ2v) is 10.5. The fourth-order valence-electron chi connectivity index (χ4n) is 3.42. The molecule has 0 fully saturated rings. The van der Waals surface area contributed by atoms with Gasteiger partial charge >= 0.3 is 0 Å². The zero-order chi connectivity index (χ0) is 22.2. The summed E-state index contributed by atoms with van der Waals surface area (Å²) in [4.78, 5) is 23.5. The lowest BCUT2D eigenvalue weighted by molar-refractivity contribution is -0.214. The van der Waals surface area contributed by atoms with E-state index in [-0.39, 0.29) is 8.22 Å². The van der Waals surface area contributed by atoms with Crippen LogP contribution in [-0.4, -0.2) is 8.22 Å². The molecule has 4 nitrogen and oxygen atoms in total. The highest BCUT2D eigenvalue weighted by molar-refractivity contribution is 14.1. The van der Waals surface area contributed by atoms with Crippen LogP contribution < -0.4 is 9.78 Å². The van der Waals surface area contributed by atoms with Crippen LogP contribution in [0.5, 0.6) is 11.5 Å². The van der Waals surface area contributed by atoms with Gasteiger partial charge in [0.25, 0.3) is 0 Å². The lowest BCUT2D eigenvalue weighted by atomic mass is 9.99. The van der Waals surface area contributed by atoms with Gasteiger partial charge in [0.2, 0.25) is 0 Å². The van der Waals surface area contributed by atoms with Crippen LogP contribution in [0.3, 0.4) is 0 Å². The van der Waals surface area contributed by atoms with E-state index >= 15 is 0 Å². The highest BCUT2D eigenvalue weighted by atomic mass is 127. The quantitative estimate of drug-likeness (QED) is 0.0647. The van der Waals surface area contributed by atoms with Crippen LogP contribution in [0.25, 0.3) is 21.5 Å². The van der Waals surface area contributed by atoms with Crippen molar-refractivity contribution >= 4 is 66.7 Å². The fourth-order valence-corrected chi connectivity index (χ4v) is 4.51. The molecule has 3 rings (SSSR count). The first kappa shape index (κ1) is 24.8. The normalized spacial score (nSPS) is 13.5. The van der Waals surface area contributed by atoms with Crippen LogP contribution in [0.1, 0.15) is 57.9 Å². The molecular formula is C25H30I2O4. The zero-order valence-electron chi connectivity index (χ0n) is 18.3. The molecule has 0 radical (unpaired) electrons. The van der Waals surface area contributed by atoms with Gasteiger partial charge in [-0.25, -0.2) is 0 Å². The van der Waals surface area contributed by atoms with Crippen molar-refractivity contribution in [2.45, 2.75) is 67.5 Å². The molecule has 0 N–H and O–H groups in total. The minimum absolute atomic E-state index is 0.00517. The summed E-state index contributed by atoms with van der Waals surface area (Å²) in [5, 5.41) is 3.78. The molecule has 6 heteroatoms. The molecule has 2 atom stereocenters. The van der Waals surface area contributed by atoms with Crippen LogP contribution in [0.15, 0.2) is 42.5 Å². The summed E-state index contributed by atoms with van der Waals surface area (Å²) in [5.74, 6) is 1.44. The molecule has 0 heterocycles. The predicted molar refractivity (Wildman–Crippen MR) is 144 cm³/mol. The van der Waals surface area contributed by atoms with Crippen molar-refractivity contribution in [1.82, 2.24) is 0 Å². The molecule has 0 aliphatic heterocycles. The maximum atomic E-state index is 5.97. The number of alkyl halides is 2.